The molecule has 4 rings (SSSR count). The lowest BCUT2D eigenvalue weighted by Crippen LogP contribution is -2.63. The number of carbonyl (C=O) groups is 1. The van der Waals surface area contributed by atoms with Crippen molar-refractivity contribution in [3.63, 3.8) is 0 Å². The molecule has 0 bridgehead atoms. The van der Waals surface area contributed by atoms with Crippen molar-refractivity contribution in [2.24, 2.45) is 17.8 Å². The minimum atomic E-state index is 0.161. The summed E-state index contributed by atoms with van der Waals surface area (Å²) in [6, 6.07) is 2.24. The quantitative estimate of drug-likeness (QED) is 0.905. The van der Waals surface area contributed by atoms with Gasteiger partial charge in [-0.25, -0.2) is 0 Å². The summed E-state index contributed by atoms with van der Waals surface area (Å²) >= 11 is 0. The third-order valence-electron chi connectivity index (χ3n) is 5.84. The Morgan fingerprint density at radius 3 is 2.95 bits per heavy atom. The molecule has 2 saturated carbocycles. The maximum absolute atomic E-state index is 12.3. The smallest absolute Gasteiger partial charge is 0.222 e. The Balaban J connectivity index is 1.34. The summed E-state index contributed by atoms with van der Waals surface area (Å²) in [5, 5.41) is 7.47. The molecule has 120 valence electrons. The third kappa shape index (κ3) is 2.56. The fourth-order valence-electron chi connectivity index (χ4n) is 4.77. The minimum Gasteiger partial charge on any atom is -0.377 e. The van der Waals surface area contributed by atoms with Crippen LogP contribution >= 0.6 is 0 Å². The van der Waals surface area contributed by atoms with Crippen LogP contribution in [0.1, 0.15) is 38.5 Å². The van der Waals surface area contributed by atoms with Crippen molar-refractivity contribution in [1.29, 1.82) is 0 Å². The highest BCUT2D eigenvalue weighted by Crippen LogP contribution is 2.51. The van der Waals surface area contributed by atoms with E-state index >= 15 is 0 Å². The van der Waals surface area contributed by atoms with Gasteiger partial charge in [-0.3, -0.25) is 9.48 Å². The Morgan fingerprint density at radius 1 is 1.32 bits per heavy atom. The topological polar surface area (TPSA) is 56.2 Å². The maximum Gasteiger partial charge on any atom is 0.222 e. The minimum absolute atomic E-state index is 0.161. The number of fused-ring (bicyclic) bond motifs is 1. The summed E-state index contributed by atoms with van der Waals surface area (Å²) in [5.74, 6) is 2.03. The van der Waals surface area contributed by atoms with Crippen LogP contribution in [0.25, 0.3) is 0 Å². The van der Waals surface area contributed by atoms with Crippen LogP contribution in [-0.4, -0.2) is 34.4 Å². The molecule has 5 nitrogen and oxygen atoms in total. The summed E-state index contributed by atoms with van der Waals surface area (Å²) in [7, 11) is 0. The molecular formula is C17H25N3O2. The zero-order valence-corrected chi connectivity index (χ0v) is 13.0. The first-order chi connectivity index (χ1) is 10.8. The predicted molar refractivity (Wildman–Crippen MR) is 82.1 cm³/mol. The SMILES string of the molecule is O=C(CCn1cccn1)N[C@H]1[C@@H]2CCO[C@@H]2[C@@H]1C1CCCC1. The van der Waals surface area contributed by atoms with Crippen molar-refractivity contribution in [3.05, 3.63) is 18.5 Å². The second kappa shape index (κ2) is 6.03. The summed E-state index contributed by atoms with van der Waals surface area (Å²) in [6.07, 6.45) is 11.0. The van der Waals surface area contributed by atoms with Crippen molar-refractivity contribution in [2.45, 2.75) is 57.2 Å². The van der Waals surface area contributed by atoms with E-state index in [0.717, 1.165) is 18.9 Å². The molecule has 4 atom stereocenters. The number of carbonyl (C=O) groups excluding carboxylic acids is 1. The van der Waals surface area contributed by atoms with E-state index in [1.54, 1.807) is 6.20 Å². The highest BCUT2D eigenvalue weighted by molar-refractivity contribution is 5.76. The number of aromatic nitrogens is 2. The van der Waals surface area contributed by atoms with E-state index in [2.05, 4.69) is 10.4 Å². The first-order valence-corrected chi connectivity index (χ1v) is 8.71. The molecule has 1 amide bonds. The fourth-order valence-corrected chi connectivity index (χ4v) is 4.77. The predicted octanol–water partition coefficient (Wildman–Crippen LogP) is 1.98. The first kappa shape index (κ1) is 14.2. The molecule has 0 radical (unpaired) electrons. The number of aryl methyl sites for hydroxylation is 1. The van der Waals surface area contributed by atoms with Crippen LogP contribution in [0.2, 0.25) is 0 Å². The molecule has 1 aromatic rings. The Hall–Kier alpha value is -1.36. The zero-order valence-electron chi connectivity index (χ0n) is 13.0. The van der Waals surface area contributed by atoms with E-state index in [1.165, 1.54) is 25.7 Å². The van der Waals surface area contributed by atoms with Gasteiger partial charge < -0.3 is 10.1 Å². The van der Waals surface area contributed by atoms with Gasteiger partial charge in [-0.1, -0.05) is 25.7 Å². The lowest BCUT2D eigenvalue weighted by atomic mass is 9.61. The average molecular weight is 303 g/mol. The zero-order chi connectivity index (χ0) is 14.9. The van der Waals surface area contributed by atoms with Crippen LogP contribution in [0.4, 0.5) is 0 Å². The number of amides is 1. The van der Waals surface area contributed by atoms with Crippen LogP contribution in [0.15, 0.2) is 18.5 Å². The fraction of sp³-hybridized carbons (Fsp3) is 0.765. The highest BCUT2D eigenvalue weighted by atomic mass is 16.5. The Kier molecular flexibility index (Phi) is 3.90. The molecule has 2 aliphatic carbocycles. The molecule has 1 N–H and O–H groups in total. The van der Waals surface area contributed by atoms with Gasteiger partial charge in [0.2, 0.25) is 5.91 Å². The molecule has 1 aliphatic heterocycles. The Morgan fingerprint density at radius 2 is 2.18 bits per heavy atom. The van der Waals surface area contributed by atoms with Gasteiger partial charge in [0.25, 0.3) is 0 Å². The molecule has 0 spiro atoms. The van der Waals surface area contributed by atoms with Gasteiger partial charge in [0.15, 0.2) is 0 Å². The molecule has 0 aromatic carbocycles. The molecule has 1 saturated heterocycles. The van der Waals surface area contributed by atoms with Crippen LogP contribution in [0, 0.1) is 17.8 Å². The molecule has 5 heteroatoms. The summed E-state index contributed by atoms with van der Waals surface area (Å²) < 4.78 is 7.76. The second-order valence-corrected chi connectivity index (χ2v) is 7.02. The van der Waals surface area contributed by atoms with Crippen molar-refractivity contribution < 1.29 is 9.53 Å². The number of nitrogens with zero attached hydrogens (tertiary/aromatic N) is 2. The van der Waals surface area contributed by atoms with E-state index in [0.29, 0.717) is 36.9 Å². The molecule has 3 aliphatic rings. The molecule has 1 aromatic heterocycles. The molecule has 22 heavy (non-hydrogen) atoms. The Bertz CT molecular complexity index is 505. The van der Waals surface area contributed by atoms with E-state index in [1.807, 2.05) is 16.9 Å². The van der Waals surface area contributed by atoms with Crippen molar-refractivity contribution in [3.8, 4) is 0 Å². The summed E-state index contributed by atoms with van der Waals surface area (Å²) in [6.45, 7) is 1.53. The van der Waals surface area contributed by atoms with Gasteiger partial charge in [0, 0.05) is 49.8 Å². The van der Waals surface area contributed by atoms with Gasteiger partial charge in [0.1, 0.15) is 0 Å². The van der Waals surface area contributed by atoms with Gasteiger partial charge in [0.05, 0.1) is 6.10 Å². The largest absolute Gasteiger partial charge is 0.377 e. The van der Waals surface area contributed by atoms with Crippen molar-refractivity contribution in [1.82, 2.24) is 15.1 Å². The van der Waals surface area contributed by atoms with Gasteiger partial charge in [-0.05, 0) is 18.4 Å². The summed E-state index contributed by atoms with van der Waals surface area (Å²) in [4.78, 5) is 12.3. The number of nitrogens with one attached hydrogen (secondary N) is 1. The molecule has 3 fully saturated rings. The Labute approximate surface area is 131 Å². The lowest BCUT2D eigenvalue weighted by Gasteiger charge is -2.50. The first-order valence-electron chi connectivity index (χ1n) is 8.71. The normalized spacial score (nSPS) is 34.4. The van der Waals surface area contributed by atoms with Gasteiger partial charge in [-0.2, -0.15) is 5.10 Å². The summed E-state index contributed by atoms with van der Waals surface area (Å²) in [5.41, 5.74) is 0. The van der Waals surface area contributed by atoms with Crippen LogP contribution in [0.3, 0.4) is 0 Å². The number of rotatable bonds is 5. The van der Waals surface area contributed by atoms with E-state index in [9.17, 15) is 4.79 Å². The van der Waals surface area contributed by atoms with Crippen molar-refractivity contribution >= 4 is 5.91 Å². The molecule has 2 heterocycles. The van der Waals surface area contributed by atoms with Gasteiger partial charge in [-0.15, -0.1) is 0 Å². The monoisotopic (exact) mass is 303 g/mol. The molecular weight excluding hydrogens is 278 g/mol. The third-order valence-corrected chi connectivity index (χ3v) is 5.84. The molecule has 0 unspecified atom stereocenters. The van der Waals surface area contributed by atoms with E-state index < -0.39 is 0 Å². The van der Waals surface area contributed by atoms with Crippen molar-refractivity contribution in [2.75, 3.05) is 6.61 Å². The van der Waals surface area contributed by atoms with E-state index in [-0.39, 0.29) is 5.91 Å². The van der Waals surface area contributed by atoms with E-state index in [4.69, 9.17) is 4.74 Å². The number of hydrogen-bond acceptors (Lipinski definition) is 3. The lowest BCUT2D eigenvalue weighted by molar-refractivity contribution is -0.130. The maximum atomic E-state index is 12.3. The van der Waals surface area contributed by atoms with Crippen LogP contribution in [-0.2, 0) is 16.1 Å². The average Bonchev–Trinajstić information content (AvgIpc) is 3.25. The highest BCUT2D eigenvalue weighted by Gasteiger charge is 2.56. The number of hydrogen-bond donors (Lipinski definition) is 1. The number of ether oxygens (including phenoxy) is 1. The van der Waals surface area contributed by atoms with Gasteiger partial charge >= 0.3 is 0 Å². The van der Waals surface area contributed by atoms with Crippen LogP contribution < -0.4 is 5.32 Å². The van der Waals surface area contributed by atoms with Crippen LogP contribution in [0.5, 0.6) is 0 Å². The standard InChI is InChI=1S/C17H25N3O2/c21-14(6-10-20-9-3-8-18-20)19-16-13-7-11-22-17(13)15(16)12-4-1-2-5-12/h3,8-9,12-13,15-17H,1-2,4-7,10-11H2,(H,19,21)/t13-,15+,16-,17-/m0/s1. The second-order valence-electron chi connectivity index (χ2n) is 7.02.